The number of hydrogen-bond acceptors (Lipinski definition) is 6. The van der Waals surface area contributed by atoms with E-state index in [1.807, 2.05) is 48.5 Å². The van der Waals surface area contributed by atoms with Gasteiger partial charge in [-0.05, 0) is 35.6 Å². The summed E-state index contributed by atoms with van der Waals surface area (Å²) < 4.78 is 28.7. The van der Waals surface area contributed by atoms with Crippen LogP contribution in [0.15, 0.2) is 48.5 Å². The Bertz CT molecular complexity index is 1170. The van der Waals surface area contributed by atoms with Crippen molar-refractivity contribution < 1.29 is 32.6 Å². The zero-order chi connectivity index (χ0) is 25.8. The average molecular weight is 503 g/mol. The first-order valence-electron chi connectivity index (χ1n) is 11.3. The number of alkyl carbamates (subject to hydrolysis) is 1. The van der Waals surface area contributed by atoms with Gasteiger partial charge in [0.1, 0.15) is 22.5 Å². The molecule has 0 bridgehead atoms. The molecular weight excluding hydrogens is 472 g/mol. The molecule has 1 aliphatic carbocycles. The molecule has 2 aromatic rings. The second kappa shape index (κ2) is 10.9. The molecule has 188 valence electrons. The number of carbonyl (C=O) groups is 3. The Balaban J connectivity index is 1.69. The first-order chi connectivity index (χ1) is 16.5. The molecule has 35 heavy (non-hydrogen) atoms. The molecule has 0 spiro atoms. The minimum atomic E-state index is -3.34. The fraction of sp³-hybridized carbons (Fsp3) is 0.400. The summed E-state index contributed by atoms with van der Waals surface area (Å²) in [6.07, 6.45) is -0.291. The molecule has 3 rings (SSSR count). The summed E-state index contributed by atoms with van der Waals surface area (Å²) in [7, 11) is -1.92. The van der Waals surface area contributed by atoms with Crippen molar-refractivity contribution in [2.75, 3.05) is 25.7 Å². The van der Waals surface area contributed by atoms with E-state index in [0.717, 1.165) is 28.5 Å². The normalized spacial score (nSPS) is 14.4. The number of amides is 2. The van der Waals surface area contributed by atoms with Gasteiger partial charge in [0.05, 0.1) is 5.75 Å². The van der Waals surface area contributed by atoms with E-state index < -0.39 is 39.9 Å². The molecule has 9 nitrogen and oxygen atoms in total. The Morgan fingerprint density at radius 1 is 1.06 bits per heavy atom. The maximum atomic E-state index is 13.0. The Morgan fingerprint density at radius 2 is 1.60 bits per heavy atom. The third-order valence-electron chi connectivity index (χ3n) is 6.13. The smallest absolute Gasteiger partial charge is 0.407 e. The molecule has 0 aromatic heterocycles. The van der Waals surface area contributed by atoms with E-state index in [9.17, 15) is 22.8 Å². The number of carbonyl (C=O) groups excluding carboxylic acids is 2. The van der Waals surface area contributed by atoms with Crippen LogP contribution >= 0.6 is 0 Å². The van der Waals surface area contributed by atoms with Gasteiger partial charge in [-0.1, -0.05) is 48.5 Å². The number of nitrogens with zero attached hydrogens (tertiary/aromatic N) is 1. The maximum absolute atomic E-state index is 13.0. The molecule has 2 amide bonds. The average Bonchev–Trinajstić information content (AvgIpc) is 3.12. The molecule has 2 atom stereocenters. The summed E-state index contributed by atoms with van der Waals surface area (Å²) in [5, 5.41) is 11.5. The van der Waals surface area contributed by atoms with Crippen LogP contribution in [0.1, 0.15) is 36.8 Å². The number of nitrogens with one attached hydrogen (secondary N) is 1. The first kappa shape index (κ1) is 26.2. The van der Waals surface area contributed by atoms with Gasteiger partial charge in [0.2, 0.25) is 5.91 Å². The van der Waals surface area contributed by atoms with Crippen molar-refractivity contribution in [2.24, 2.45) is 0 Å². The van der Waals surface area contributed by atoms with Gasteiger partial charge >= 0.3 is 12.1 Å². The van der Waals surface area contributed by atoms with Crippen molar-refractivity contribution >= 4 is 27.8 Å². The lowest BCUT2D eigenvalue weighted by molar-refractivity contribution is -0.138. The van der Waals surface area contributed by atoms with Crippen LogP contribution in [0.5, 0.6) is 0 Å². The van der Waals surface area contributed by atoms with E-state index in [0.29, 0.717) is 0 Å². The van der Waals surface area contributed by atoms with Gasteiger partial charge in [0.25, 0.3) is 0 Å². The molecule has 0 radical (unpaired) electrons. The van der Waals surface area contributed by atoms with E-state index >= 15 is 0 Å². The number of rotatable bonds is 10. The fourth-order valence-corrected chi connectivity index (χ4v) is 5.42. The van der Waals surface area contributed by atoms with Gasteiger partial charge in [0.15, 0.2) is 0 Å². The van der Waals surface area contributed by atoms with Gasteiger partial charge in [-0.3, -0.25) is 9.59 Å². The number of carboxylic acids is 1. The SMILES string of the molecule is CC(CS(C)(=O)=O)N(C)C(=O)C(CCC(=O)O)NC(=O)OCC1c2ccccc2-c2ccccc21. The topological polar surface area (TPSA) is 130 Å². The highest BCUT2D eigenvalue weighted by molar-refractivity contribution is 7.90. The zero-order valence-corrected chi connectivity index (χ0v) is 20.7. The summed E-state index contributed by atoms with van der Waals surface area (Å²) in [5.41, 5.74) is 4.23. The molecule has 2 unspecified atom stereocenters. The predicted octanol–water partition coefficient (Wildman–Crippen LogP) is 2.65. The molecular formula is C25H30N2O7S. The highest BCUT2D eigenvalue weighted by atomic mass is 32.2. The fourth-order valence-electron chi connectivity index (χ4n) is 4.32. The second-order valence-electron chi connectivity index (χ2n) is 8.85. The van der Waals surface area contributed by atoms with Crippen LogP contribution in [0.25, 0.3) is 11.1 Å². The van der Waals surface area contributed by atoms with E-state index in [2.05, 4.69) is 5.32 Å². The van der Waals surface area contributed by atoms with Crippen molar-refractivity contribution in [3.05, 3.63) is 59.7 Å². The minimum absolute atomic E-state index is 0.0417. The Labute approximate surface area is 205 Å². The van der Waals surface area contributed by atoms with E-state index in [4.69, 9.17) is 9.84 Å². The quantitative estimate of drug-likeness (QED) is 0.511. The van der Waals surface area contributed by atoms with Crippen LogP contribution in [0.2, 0.25) is 0 Å². The highest BCUT2D eigenvalue weighted by Crippen LogP contribution is 2.44. The van der Waals surface area contributed by atoms with Crippen molar-refractivity contribution in [2.45, 2.75) is 37.8 Å². The molecule has 0 fully saturated rings. The number of fused-ring (bicyclic) bond motifs is 3. The lowest BCUT2D eigenvalue weighted by Crippen LogP contribution is -2.51. The molecule has 2 aromatic carbocycles. The summed E-state index contributed by atoms with van der Waals surface area (Å²) >= 11 is 0. The van der Waals surface area contributed by atoms with Gasteiger partial charge in [-0.15, -0.1) is 0 Å². The van der Waals surface area contributed by atoms with Crippen LogP contribution < -0.4 is 5.32 Å². The summed E-state index contributed by atoms with van der Waals surface area (Å²) in [6.45, 7) is 1.61. The van der Waals surface area contributed by atoms with Crippen LogP contribution in [0.4, 0.5) is 4.79 Å². The monoisotopic (exact) mass is 502 g/mol. The third kappa shape index (κ3) is 6.60. The second-order valence-corrected chi connectivity index (χ2v) is 11.0. The number of carboxylic acid groups (broad SMARTS) is 1. The van der Waals surface area contributed by atoms with Crippen molar-refractivity contribution in [1.82, 2.24) is 10.2 Å². The molecule has 10 heteroatoms. The first-order valence-corrected chi connectivity index (χ1v) is 13.3. The van der Waals surface area contributed by atoms with Gasteiger partial charge < -0.3 is 20.1 Å². The standard InChI is InChI=1S/C25H30N2O7S/c1-16(15-35(3,32)33)27(2)24(30)22(12-13-23(28)29)26-25(31)34-14-21-19-10-6-4-8-17(19)18-9-5-7-11-20(18)21/h4-11,16,21-22H,12-15H2,1-3H3,(H,26,31)(H,28,29). The Hall–Kier alpha value is -3.40. The number of benzene rings is 2. The van der Waals surface area contributed by atoms with Gasteiger partial charge in [-0.25, -0.2) is 13.2 Å². The summed E-state index contributed by atoms with van der Waals surface area (Å²) in [5.74, 6) is -2.13. The number of likely N-dealkylation sites (N-methyl/N-ethyl adjacent to an activating group) is 1. The summed E-state index contributed by atoms with van der Waals surface area (Å²) in [4.78, 5) is 37.9. The van der Waals surface area contributed by atoms with Gasteiger partial charge in [-0.2, -0.15) is 0 Å². The third-order valence-corrected chi connectivity index (χ3v) is 7.22. The van der Waals surface area contributed by atoms with Crippen molar-refractivity contribution in [3.8, 4) is 11.1 Å². The molecule has 0 saturated carbocycles. The largest absolute Gasteiger partial charge is 0.481 e. The number of hydrogen-bond donors (Lipinski definition) is 2. The van der Waals surface area contributed by atoms with Crippen LogP contribution in [0, 0.1) is 0 Å². The highest BCUT2D eigenvalue weighted by Gasteiger charge is 2.31. The van der Waals surface area contributed by atoms with Crippen LogP contribution in [-0.2, 0) is 24.2 Å². The molecule has 2 N–H and O–H groups in total. The van der Waals surface area contributed by atoms with E-state index in [1.54, 1.807) is 6.92 Å². The summed E-state index contributed by atoms with van der Waals surface area (Å²) in [6, 6.07) is 13.9. The minimum Gasteiger partial charge on any atom is -0.481 e. The van der Waals surface area contributed by atoms with E-state index in [-0.39, 0.29) is 31.1 Å². The lowest BCUT2D eigenvalue weighted by Gasteiger charge is -2.29. The number of sulfone groups is 1. The van der Waals surface area contributed by atoms with Crippen molar-refractivity contribution in [3.63, 3.8) is 0 Å². The molecule has 0 aliphatic heterocycles. The van der Waals surface area contributed by atoms with Gasteiger partial charge in [0, 0.05) is 31.7 Å². The maximum Gasteiger partial charge on any atom is 0.407 e. The predicted molar refractivity (Wildman–Crippen MR) is 131 cm³/mol. The van der Waals surface area contributed by atoms with Crippen molar-refractivity contribution in [1.29, 1.82) is 0 Å². The lowest BCUT2D eigenvalue weighted by atomic mass is 9.98. The Morgan fingerprint density at radius 3 is 2.11 bits per heavy atom. The van der Waals surface area contributed by atoms with E-state index in [1.165, 1.54) is 11.9 Å². The zero-order valence-electron chi connectivity index (χ0n) is 19.9. The number of ether oxygens (including phenoxy) is 1. The molecule has 1 aliphatic rings. The Kier molecular flexibility index (Phi) is 8.16. The number of aliphatic carboxylic acids is 1. The molecule has 0 heterocycles. The molecule has 0 saturated heterocycles. The van der Waals surface area contributed by atoms with Crippen LogP contribution in [-0.4, -0.2) is 74.1 Å². The van der Waals surface area contributed by atoms with Crippen LogP contribution in [0.3, 0.4) is 0 Å².